The third-order valence-electron chi connectivity index (χ3n) is 4.67. The van der Waals surface area contributed by atoms with Gasteiger partial charge in [-0.1, -0.05) is 0 Å². The molecular formula is C19H20N4O5S. The van der Waals surface area contributed by atoms with Crippen LogP contribution in [0.3, 0.4) is 0 Å². The second kappa shape index (κ2) is 7.72. The molecule has 0 aliphatic carbocycles. The first-order valence-corrected chi connectivity index (χ1v) is 10.6. The molecule has 4 rings (SSSR count). The number of amides is 2. The van der Waals surface area contributed by atoms with Gasteiger partial charge >= 0.3 is 0 Å². The van der Waals surface area contributed by atoms with Crippen LogP contribution in [0.2, 0.25) is 0 Å². The number of ether oxygens (including phenoxy) is 1. The van der Waals surface area contributed by atoms with Gasteiger partial charge in [-0.2, -0.15) is 0 Å². The van der Waals surface area contributed by atoms with Crippen LogP contribution in [-0.2, 0) is 24.3 Å². The minimum atomic E-state index is -3.88. The van der Waals surface area contributed by atoms with Crippen molar-refractivity contribution in [1.29, 1.82) is 0 Å². The van der Waals surface area contributed by atoms with Crippen LogP contribution in [0.1, 0.15) is 6.42 Å². The molecule has 3 N–H and O–H groups in total. The van der Waals surface area contributed by atoms with Crippen molar-refractivity contribution in [2.24, 2.45) is 0 Å². The van der Waals surface area contributed by atoms with Gasteiger partial charge in [-0.05, 0) is 42.5 Å². The Morgan fingerprint density at radius 3 is 2.24 bits per heavy atom. The zero-order valence-electron chi connectivity index (χ0n) is 15.5. The number of rotatable bonds is 4. The first-order chi connectivity index (χ1) is 13.9. The minimum Gasteiger partial charge on any atom is -0.378 e. The molecule has 9 nitrogen and oxygen atoms in total. The lowest BCUT2D eigenvalue weighted by molar-refractivity contribution is -0.123. The fourth-order valence-electron chi connectivity index (χ4n) is 3.21. The van der Waals surface area contributed by atoms with Crippen molar-refractivity contribution in [1.82, 2.24) is 0 Å². The summed E-state index contributed by atoms with van der Waals surface area (Å²) in [6.45, 7) is 2.93. The van der Waals surface area contributed by atoms with E-state index in [1.807, 2.05) is 12.1 Å². The molecule has 0 spiro atoms. The van der Waals surface area contributed by atoms with Crippen LogP contribution < -0.4 is 20.3 Å². The van der Waals surface area contributed by atoms with E-state index in [1.54, 1.807) is 12.1 Å². The average Bonchev–Trinajstić information content (AvgIpc) is 2.84. The van der Waals surface area contributed by atoms with E-state index in [1.165, 1.54) is 18.2 Å². The number of hydrogen-bond acceptors (Lipinski definition) is 6. The lowest BCUT2D eigenvalue weighted by Crippen LogP contribution is -2.36. The van der Waals surface area contributed by atoms with Crippen LogP contribution in [0.25, 0.3) is 0 Å². The van der Waals surface area contributed by atoms with Crippen LogP contribution >= 0.6 is 0 Å². The van der Waals surface area contributed by atoms with Crippen LogP contribution in [0.15, 0.2) is 47.4 Å². The van der Waals surface area contributed by atoms with E-state index >= 15 is 0 Å². The molecule has 2 aromatic carbocycles. The molecule has 2 aromatic rings. The molecule has 1 fully saturated rings. The van der Waals surface area contributed by atoms with Crippen molar-refractivity contribution >= 4 is 44.6 Å². The highest BCUT2D eigenvalue weighted by molar-refractivity contribution is 7.92. The number of anilines is 4. The summed E-state index contributed by atoms with van der Waals surface area (Å²) in [5, 5.41) is 5.11. The predicted molar refractivity (Wildman–Crippen MR) is 109 cm³/mol. The molecule has 2 heterocycles. The fraction of sp³-hybridized carbons (Fsp3) is 0.263. The van der Waals surface area contributed by atoms with Crippen molar-refractivity contribution in [2.75, 3.05) is 46.6 Å². The minimum absolute atomic E-state index is 0.0232. The van der Waals surface area contributed by atoms with Crippen molar-refractivity contribution in [2.45, 2.75) is 11.3 Å². The number of nitrogens with one attached hydrogen (secondary N) is 3. The predicted octanol–water partition coefficient (Wildman–Crippen LogP) is 1.60. The third kappa shape index (κ3) is 4.33. The van der Waals surface area contributed by atoms with Gasteiger partial charge in [0.25, 0.3) is 10.0 Å². The molecule has 0 radical (unpaired) electrons. The Balaban J connectivity index is 1.53. The lowest BCUT2D eigenvalue weighted by atomic mass is 10.2. The van der Waals surface area contributed by atoms with Crippen LogP contribution in [0.5, 0.6) is 0 Å². The van der Waals surface area contributed by atoms with Gasteiger partial charge in [0.15, 0.2) is 0 Å². The van der Waals surface area contributed by atoms with Gasteiger partial charge in [-0.15, -0.1) is 0 Å². The Labute approximate surface area is 168 Å². The normalized spacial score (nSPS) is 17.0. The highest BCUT2D eigenvalue weighted by Gasteiger charge is 2.22. The Hall–Kier alpha value is -3.11. The number of hydrogen-bond donors (Lipinski definition) is 3. The van der Waals surface area contributed by atoms with E-state index in [-0.39, 0.29) is 17.0 Å². The van der Waals surface area contributed by atoms with Crippen LogP contribution in [0, 0.1) is 0 Å². The second-order valence-electron chi connectivity index (χ2n) is 6.73. The van der Waals surface area contributed by atoms with E-state index in [0.29, 0.717) is 24.6 Å². The summed E-state index contributed by atoms with van der Waals surface area (Å²) in [6.07, 6.45) is -0.315. The van der Waals surface area contributed by atoms with Gasteiger partial charge in [-0.3, -0.25) is 14.3 Å². The third-order valence-corrected chi connectivity index (χ3v) is 6.05. The SMILES string of the molecule is O=C1CC(=O)Nc2cc(S(=O)(=O)Nc3ccc(N4CCOCC4)cc3)ccc2N1. The number of morpholine rings is 1. The summed E-state index contributed by atoms with van der Waals surface area (Å²) in [6, 6.07) is 11.3. The van der Waals surface area contributed by atoms with E-state index in [4.69, 9.17) is 4.74 Å². The van der Waals surface area contributed by atoms with Gasteiger partial charge in [0.1, 0.15) is 6.42 Å². The van der Waals surface area contributed by atoms with Crippen molar-refractivity contribution in [3.8, 4) is 0 Å². The summed E-state index contributed by atoms with van der Waals surface area (Å²) in [4.78, 5) is 25.5. The van der Waals surface area contributed by atoms with E-state index in [0.717, 1.165) is 18.8 Å². The van der Waals surface area contributed by atoms with Crippen molar-refractivity contribution in [3.05, 3.63) is 42.5 Å². The Bertz CT molecular complexity index is 1050. The molecule has 2 aliphatic heterocycles. The zero-order valence-corrected chi connectivity index (χ0v) is 16.3. The maximum atomic E-state index is 12.8. The Morgan fingerprint density at radius 2 is 1.55 bits per heavy atom. The zero-order chi connectivity index (χ0) is 20.4. The van der Waals surface area contributed by atoms with Gasteiger partial charge in [0.05, 0.1) is 29.5 Å². The quantitative estimate of drug-likeness (QED) is 0.652. The van der Waals surface area contributed by atoms with Gasteiger partial charge in [-0.25, -0.2) is 8.42 Å². The average molecular weight is 416 g/mol. The molecular weight excluding hydrogens is 396 g/mol. The topological polar surface area (TPSA) is 117 Å². The summed E-state index contributed by atoms with van der Waals surface area (Å²) in [5.74, 6) is -0.946. The van der Waals surface area contributed by atoms with Gasteiger partial charge < -0.3 is 20.3 Å². The molecule has 0 bridgehead atoms. The molecule has 0 unspecified atom stereocenters. The first kappa shape index (κ1) is 19.2. The van der Waals surface area contributed by atoms with E-state index < -0.39 is 21.8 Å². The number of fused-ring (bicyclic) bond motifs is 1. The molecule has 0 saturated carbocycles. The summed E-state index contributed by atoms with van der Waals surface area (Å²) < 4.78 is 33.4. The summed E-state index contributed by atoms with van der Waals surface area (Å²) in [7, 11) is -3.88. The number of nitrogens with zero attached hydrogens (tertiary/aromatic N) is 1. The maximum Gasteiger partial charge on any atom is 0.261 e. The molecule has 152 valence electrons. The number of carbonyl (C=O) groups is 2. The molecule has 10 heteroatoms. The molecule has 0 aromatic heterocycles. The van der Waals surface area contributed by atoms with Crippen molar-refractivity contribution < 1.29 is 22.7 Å². The Kier molecular flexibility index (Phi) is 5.12. The molecule has 2 aliphatic rings. The second-order valence-corrected chi connectivity index (χ2v) is 8.41. The molecule has 2 amide bonds. The monoisotopic (exact) mass is 416 g/mol. The molecule has 0 atom stereocenters. The van der Waals surface area contributed by atoms with E-state index in [9.17, 15) is 18.0 Å². The molecule has 29 heavy (non-hydrogen) atoms. The van der Waals surface area contributed by atoms with Crippen LogP contribution in [0.4, 0.5) is 22.7 Å². The number of benzene rings is 2. The number of carbonyl (C=O) groups excluding carboxylic acids is 2. The van der Waals surface area contributed by atoms with Crippen molar-refractivity contribution in [3.63, 3.8) is 0 Å². The lowest BCUT2D eigenvalue weighted by Gasteiger charge is -2.28. The largest absolute Gasteiger partial charge is 0.378 e. The highest BCUT2D eigenvalue weighted by Crippen LogP contribution is 2.29. The van der Waals surface area contributed by atoms with Crippen LogP contribution in [-0.4, -0.2) is 46.5 Å². The smallest absolute Gasteiger partial charge is 0.261 e. The van der Waals surface area contributed by atoms with E-state index in [2.05, 4.69) is 20.3 Å². The highest BCUT2D eigenvalue weighted by atomic mass is 32.2. The fourth-order valence-corrected chi connectivity index (χ4v) is 4.30. The summed E-state index contributed by atoms with van der Waals surface area (Å²) in [5.41, 5.74) is 2.02. The van der Waals surface area contributed by atoms with Gasteiger partial charge in [0.2, 0.25) is 11.8 Å². The summed E-state index contributed by atoms with van der Waals surface area (Å²) >= 11 is 0. The maximum absolute atomic E-state index is 12.8. The van der Waals surface area contributed by atoms with Gasteiger partial charge in [0, 0.05) is 24.5 Å². The standard InChI is InChI=1S/C19H20N4O5S/c24-18-12-19(25)21-17-11-15(5-6-16(17)20-18)29(26,27)22-13-1-3-14(4-2-13)23-7-9-28-10-8-23/h1-6,11,22H,7-10,12H2,(H,20,24)(H,21,25). The number of sulfonamides is 1. The Morgan fingerprint density at radius 1 is 0.897 bits per heavy atom. The molecule has 1 saturated heterocycles. The first-order valence-electron chi connectivity index (χ1n) is 9.10.